The van der Waals surface area contributed by atoms with E-state index in [9.17, 15) is 4.39 Å². The standard InChI is InChI=1S/C17H17FN2O2.C2H2/c1-3-8-21-12-22-13(2)6-7-20-11-14(10-19)16-5-4-15(18)9-17(16)20;1-2/h3-6,8-9,11H,7,12H2,1-2H3;1-2H/b8-3+,13-6+;. The number of nitrogens with zero attached hydrogens (tertiary/aromatic N) is 2. The molecule has 1 aromatic heterocycles. The zero-order chi connectivity index (χ0) is 17.9. The van der Waals surface area contributed by atoms with Crippen molar-refractivity contribution in [3.63, 3.8) is 0 Å². The van der Waals surface area contributed by atoms with Crippen molar-refractivity contribution in [2.75, 3.05) is 6.79 Å². The molecule has 1 heterocycles. The Morgan fingerprint density at radius 2 is 2.17 bits per heavy atom. The molecule has 0 aliphatic rings. The smallest absolute Gasteiger partial charge is 0.229 e. The van der Waals surface area contributed by atoms with E-state index in [0.717, 1.165) is 5.39 Å². The first-order chi connectivity index (χ1) is 11.7. The second-order valence-electron chi connectivity index (χ2n) is 4.68. The van der Waals surface area contributed by atoms with Gasteiger partial charge in [0.1, 0.15) is 11.9 Å². The van der Waals surface area contributed by atoms with Crippen LogP contribution >= 0.6 is 0 Å². The molecule has 0 amide bonds. The number of terminal acetylenes is 1. The molecule has 124 valence electrons. The summed E-state index contributed by atoms with van der Waals surface area (Å²) in [5.41, 5.74) is 1.21. The molecule has 24 heavy (non-hydrogen) atoms. The van der Waals surface area contributed by atoms with Crippen LogP contribution in [0.4, 0.5) is 4.39 Å². The molecule has 0 unspecified atom stereocenters. The lowest BCUT2D eigenvalue weighted by Gasteiger charge is -2.06. The van der Waals surface area contributed by atoms with E-state index in [2.05, 4.69) is 18.9 Å². The highest BCUT2D eigenvalue weighted by molar-refractivity contribution is 5.86. The first kappa shape index (κ1) is 18.9. The molecule has 0 radical (unpaired) electrons. The van der Waals surface area contributed by atoms with E-state index < -0.39 is 0 Å². The van der Waals surface area contributed by atoms with Crippen LogP contribution in [0.15, 0.2) is 48.6 Å². The Hall–Kier alpha value is -3.18. The number of halogens is 1. The van der Waals surface area contributed by atoms with Crippen LogP contribution in [0.1, 0.15) is 19.4 Å². The summed E-state index contributed by atoms with van der Waals surface area (Å²) in [4.78, 5) is 0. The number of ether oxygens (including phenoxy) is 2. The minimum absolute atomic E-state index is 0.136. The molecule has 0 fully saturated rings. The minimum atomic E-state index is -0.326. The van der Waals surface area contributed by atoms with Gasteiger partial charge in [-0.15, -0.1) is 12.8 Å². The monoisotopic (exact) mass is 326 g/mol. The number of aromatic nitrogens is 1. The molecule has 2 rings (SSSR count). The normalized spacial score (nSPS) is 10.9. The van der Waals surface area contributed by atoms with Gasteiger partial charge in [0.15, 0.2) is 0 Å². The predicted octanol–water partition coefficient (Wildman–Crippen LogP) is 4.33. The summed E-state index contributed by atoms with van der Waals surface area (Å²) in [7, 11) is 0. The average molecular weight is 326 g/mol. The number of rotatable bonds is 6. The van der Waals surface area contributed by atoms with Crippen LogP contribution in [0.3, 0.4) is 0 Å². The summed E-state index contributed by atoms with van der Waals surface area (Å²) < 4.78 is 25.7. The summed E-state index contributed by atoms with van der Waals surface area (Å²) in [6.07, 6.45) is 14.9. The molecule has 0 spiro atoms. The first-order valence-electron chi connectivity index (χ1n) is 7.20. The maximum atomic E-state index is 13.4. The van der Waals surface area contributed by atoms with Crippen molar-refractivity contribution in [3.05, 3.63) is 59.9 Å². The van der Waals surface area contributed by atoms with Crippen molar-refractivity contribution < 1.29 is 13.9 Å². The Balaban J connectivity index is 0.00000139. The molecule has 2 aromatic rings. The van der Waals surface area contributed by atoms with Crippen molar-refractivity contribution >= 4 is 10.9 Å². The van der Waals surface area contributed by atoms with Crippen molar-refractivity contribution in [1.29, 1.82) is 5.26 Å². The number of benzene rings is 1. The molecule has 0 saturated carbocycles. The molecular weight excluding hydrogens is 307 g/mol. The molecule has 0 saturated heterocycles. The van der Waals surface area contributed by atoms with Gasteiger partial charge in [-0.25, -0.2) is 4.39 Å². The van der Waals surface area contributed by atoms with E-state index >= 15 is 0 Å². The lowest BCUT2D eigenvalue weighted by molar-refractivity contribution is 0.0290. The molecule has 5 heteroatoms. The maximum Gasteiger partial charge on any atom is 0.229 e. The van der Waals surface area contributed by atoms with Crippen molar-refractivity contribution in [1.82, 2.24) is 4.57 Å². The topological polar surface area (TPSA) is 47.2 Å². The van der Waals surface area contributed by atoms with Crippen LogP contribution in [0.5, 0.6) is 0 Å². The molecular formula is C19H19FN2O2. The highest BCUT2D eigenvalue weighted by Crippen LogP contribution is 2.22. The Morgan fingerprint density at radius 3 is 2.83 bits per heavy atom. The molecule has 4 nitrogen and oxygen atoms in total. The Morgan fingerprint density at radius 1 is 1.42 bits per heavy atom. The van der Waals surface area contributed by atoms with Crippen LogP contribution in [0.2, 0.25) is 0 Å². The van der Waals surface area contributed by atoms with Gasteiger partial charge < -0.3 is 14.0 Å². The third-order valence-electron chi connectivity index (χ3n) is 3.13. The van der Waals surface area contributed by atoms with Gasteiger partial charge in [0, 0.05) is 18.1 Å². The van der Waals surface area contributed by atoms with Crippen LogP contribution in [-0.4, -0.2) is 11.4 Å². The second kappa shape index (κ2) is 9.76. The predicted molar refractivity (Wildman–Crippen MR) is 92.1 cm³/mol. The number of nitriles is 1. The van der Waals surface area contributed by atoms with E-state index in [0.29, 0.717) is 23.4 Å². The summed E-state index contributed by atoms with van der Waals surface area (Å²) in [6.45, 7) is 4.29. The summed E-state index contributed by atoms with van der Waals surface area (Å²) in [5, 5.41) is 9.89. The third-order valence-corrected chi connectivity index (χ3v) is 3.13. The molecule has 0 N–H and O–H groups in total. The first-order valence-corrected chi connectivity index (χ1v) is 7.20. The van der Waals surface area contributed by atoms with E-state index in [1.54, 1.807) is 24.6 Å². The molecule has 0 aliphatic carbocycles. The van der Waals surface area contributed by atoms with E-state index in [4.69, 9.17) is 14.7 Å². The lowest BCUT2D eigenvalue weighted by Crippen LogP contribution is -1.97. The van der Waals surface area contributed by atoms with Gasteiger partial charge in [-0.1, -0.05) is 6.08 Å². The van der Waals surface area contributed by atoms with Gasteiger partial charge >= 0.3 is 0 Å². The van der Waals surface area contributed by atoms with Crippen LogP contribution in [-0.2, 0) is 16.0 Å². The van der Waals surface area contributed by atoms with E-state index in [1.165, 1.54) is 12.1 Å². The average Bonchev–Trinajstić information content (AvgIpc) is 2.95. The highest BCUT2D eigenvalue weighted by atomic mass is 19.1. The number of fused-ring (bicyclic) bond motifs is 1. The van der Waals surface area contributed by atoms with Crippen LogP contribution < -0.4 is 0 Å². The molecule has 1 aromatic carbocycles. The van der Waals surface area contributed by atoms with Crippen molar-refractivity contribution in [3.8, 4) is 18.9 Å². The number of allylic oxidation sites excluding steroid dienone is 3. The summed E-state index contributed by atoms with van der Waals surface area (Å²) in [6, 6.07) is 6.53. The third kappa shape index (κ3) is 4.93. The summed E-state index contributed by atoms with van der Waals surface area (Å²) in [5.74, 6) is 0.370. The molecule has 0 atom stereocenters. The quantitative estimate of drug-likeness (QED) is 0.343. The zero-order valence-electron chi connectivity index (χ0n) is 13.7. The Bertz CT molecular complexity index is 795. The van der Waals surface area contributed by atoms with Gasteiger partial charge in [0.25, 0.3) is 0 Å². The molecule has 0 bridgehead atoms. The summed E-state index contributed by atoms with van der Waals surface area (Å²) >= 11 is 0. The Kier molecular flexibility index (Phi) is 7.67. The van der Waals surface area contributed by atoms with Crippen LogP contribution in [0.25, 0.3) is 10.9 Å². The fourth-order valence-corrected chi connectivity index (χ4v) is 2.05. The minimum Gasteiger partial charge on any atom is -0.465 e. The lowest BCUT2D eigenvalue weighted by atomic mass is 10.2. The molecule has 0 aliphatic heterocycles. The van der Waals surface area contributed by atoms with E-state index in [1.807, 2.05) is 24.5 Å². The largest absolute Gasteiger partial charge is 0.465 e. The maximum absolute atomic E-state index is 13.4. The van der Waals surface area contributed by atoms with Crippen molar-refractivity contribution in [2.24, 2.45) is 0 Å². The van der Waals surface area contributed by atoms with Crippen molar-refractivity contribution in [2.45, 2.75) is 20.4 Å². The number of hydrogen-bond acceptors (Lipinski definition) is 3. The second-order valence-corrected chi connectivity index (χ2v) is 4.68. The van der Waals surface area contributed by atoms with Gasteiger partial charge in [-0.05, 0) is 38.1 Å². The zero-order valence-corrected chi connectivity index (χ0v) is 13.7. The Labute approximate surface area is 141 Å². The van der Waals surface area contributed by atoms with Gasteiger partial charge in [-0.3, -0.25) is 0 Å². The SMILES string of the molecule is C#C.C/C=C/OCO/C(C)=C/Cn1cc(C#N)c2ccc(F)cc21. The van der Waals surface area contributed by atoms with E-state index in [-0.39, 0.29) is 12.6 Å². The van der Waals surface area contributed by atoms with Crippen LogP contribution in [0, 0.1) is 30.0 Å². The van der Waals surface area contributed by atoms with Gasteiger partial charge in [0.2, 0.25) is 6.79 Å². The number of hydrogen-bond donors (Lipinski definition) is 0. The highest BCUT2D eigenvalue weighted by Gasteiger charge is 2.08. The van der Waals surface area contributed by atoms with Gasteiger partial charge in [0.05, 0.1) is 23.1 Å². The fourth-order valence-electron chi connectivity index (χ4n) is 2.05. The van der Waals surface area contributed by atoms with Gasteiger partial charge in [-0.2, -0.15) is 5.26 Å². The fraction of sp³-hybridized carbons (Fsp3) is 0.211.